The Balaban J connectivity index is 1.55. The fourth-order valence-electron chi connectivity index (χ4n) is 3.52. The van der Waals surface area contributed by atoms with Crippen molar-refractivity contribution in [3.63, 3.8) is 0 Å². The minimum absolute atomic E-state index is 0.0186. The molecule has 1 saturated heterocycles. The molecule has 2 aliphatic rings. The Morgan fingerprint density at radius 3 is 2.52 bits per heavy atom. The Kier molecular flexibility index (Phi) is 5.75. The van der Waals surface area contributed by atoms with Crippen LogP contribution in [0.25, 0.3) is 6.08 Å². The Bertz CT molecular complexity index is 1070. The smallest absolute Gasteiger partial charge is 0.363 e. The quantitative estimate of drug-likeness (QED) is 0.522. The van der Waals surface area contributed by atoms with Gasteiger partial charge in [0, 0.05) is 24.2 Å². The lowest BCUT2D eigenvalue weighted by molar-refractivity contribution is -0.130. The average Bonchev–Trinajstić information content (AvgIpc) is 3.34. The summed E-state index contributed by atoms with van der Waals surface area (Å²) in [4.78, 5) is 30.4. The lowest BCUT2D eigenvalue weighted by atomic mass is 10.1. The molecule has 7 nitrogen and oxygen atoms in total. The molecule has 0 unspecified atom stereocenters. The molecule has 2 aromatic carbocycles. The summed E-state index contributed by atoms with van der Waals surface area (Å²) in [6.45, 7) is 4.61. The molecule has 0 bridgehead atoms. The zero-order chi connectivity index (χ0) is 22.0. The molecule has 0 radical (unpaired) electrons. The standard InChI is InChI=1S/C24H24N2O5/c1-15(2)30-20-11-6-16(14-21(20)29-3)13-19-24(28)31-23(25-19)17-7-9-18(10-8-17)26-12-4-5-22(26)27/h6-11,13-15H,4-5,12H2,1-3H3. The van der Waals surface area contributed by atoms with Crippen LogP contribution in [0, 0.1) is 0 Å². The molecule has 0 N–H and O–H groups in total. The minimum Gasteiger partial charge on any atom is -0.493 e. The monoisotopic (exact) mass is 420 g/mol. The van der Waals surface area contributed by atoms with Gasteiger partial charge in [0.05, 0.1) is 13.2 Å². The van der Waals surface area contributed by atoms with Gasteiger partial charge in [0.2, 0.25) is 11.8 Å². The SMILES string of the molecule is COc1cc(C=C2N=C(c3ccc(N4CCCC4=O)cc3)OC2=O)ccc1OC(C)C. The number of esters is 1. The van der Waals surface area contributed by atoms with Crippen LogP contribution in [0.2, 0.25) is 0 Å². The van der Waals surface area contributed by atoms with Crippen molar-refractivity contribution < 1.29 is 23.8 Å². The van der Waals surface area contributed by atoms with Crippen molar-refractivity contribution in [1.82, 2.24) is 0 Å². The molecule has 4 rings (SSSR count). The van der Waals surface area contributed by atoms with Gasteiger partial charge in [0.1, 0.15) is 0 Å². The van der Waals surface area contributed by atoms with Gasteiger partial charge in [-0.2, -0.15) is 0 Å². The van der Waals surface area contributed by atoms with Crippen LogP contribution in [-0.4, -0.2) is 37.5 Å². The number of anilines is 1. The van der Waals surface area contributed by atoms with Crippen molar-refractivity contribution >= 4 is 29.5 Å². The third-order valence-electron chi connectivity index (χ3n) is 4.97. The molecule has 1 fully saturated rings. The highest BCUT2D eigenvalue weighted by atomic mass is 16.6. The summed E-state index contributed by atoms with van der Waals surface area (Å²) in [5.41, 5.74) is 2.45. The highest BCUT2D eigenvalue weighted by Crippen LogP contribution is 2.31. The topological polar surface area (TPSA) is 77.4 Å². The van der Waals surface area contributed by atoms with E-state index < -0.39 is 5.97 Å². The number of aliphatic imine (C=N–C) groups is 1. The van der Waals surface area contributed by atoms with Crippen molar-refractivity contribution in [2.24, 2.45) is 4.99 Å². The molecule has 0 atom stereocenters. The molecule has 1 amide bonds. The zero-order valence-electron chi connectivity index (χ0n) is 17.8. The average molecular weight is 420 g/mol. The van der Waals surface area contributed by atoms with Crippen molar-refractivity contribution in [3.8, 4) is 11.5 Å². The normalized spacial score (nSPS) is 17.4. The summed E-state index contributed by atoms with van der Waals surface area (Å²) in [5, 5.41) is 0. The number of hydrogen-bond donors (Lipinski definition) is 0. The van der Waals surface area contributed by atoms with E-state index in [4.69, 9.17) is 14.2 Å². The summed E-state index contributed by atoms with van der Waals surface area (Å²) < 4.78 is 16.5. The Hall–Kier alpha value is -3.61. The molecule has 31 heavy (non-hydrogen) atoms. The van der Waals surface area contributed by atoms with Crippen LogP contribution in [-0.2, 0) is 14.3 Å². The number of methoxy groups -OCH3 is 1. The van der Waals surface area contributed by atoms with Crippen LogP contribution in [0.5, 0.6) is 11.5 Å². The molecule has 0 spiro atoms. The number of amides is 1. The molecular formula is C24H24N2O5. The number of rotatable bonds is 6. The maximum Gasteiger partial charge on any atom is 0.363 e. The first-order chi connectivity index (χ1) is 14.9. The highest BCUT2D eigenvalue weighted by molar-refractivity contribution is 6.13. The van der Waals surface area contributed by atoms with Gasteiger partial charge >= 0.3 is 5.97 Å². The summed E-state index contributed by atoms with van der Waals surface area (Å²) in [7, 11) is 1.57. The number of carbonyl (C=O) groups is 2. The highest BCUT2D eigenvalue weighted by Gasteiger charge is 2.25. The number of hydrogen-bond acceptors (Lipinski definition) is 6. The first-order valence-corrected chi connectivity index (χ1v) is 10.2. The number of carbonyl (C=O) groups excluding carboxylic acids is 2. The third kappa shape index (κ3) is 4.45. The van der Waals surface area contributed by atoms with Crippen molar-refractivity contribution in [2.45, 2.75) is 32.8 Å². The van der Waals surface area contributed by atoms with Gasteiger partial charge in [-0.1, -0.05) is 6.07 Å². The molecule has 7 heteroatoms. The van der Waals surface area contributed by atoms with Gasteiger partial charge in [-0.3, -0.25) is 4.79 Å². The van der Waals surface area contributed by atoms with Crippen molar-refractivity contribution in [3.05, 3.63) is 59.3 Å². The summed E-state index contributed by atoms with van der Waals surface area (Å²) in [6.07, 6.45) is 3.11. The molecule has 2 heterocycles. The van der Waals surface area contributed by atoms with E-state index in [0.29, 0.717) is 23.5 Å². The minimum atomic E-state index is -0.518. The van der Waals surface area contributed by atoms with Crippen molar-refractivity contribution in [2.75, 3.05) is 18.6 Å². The predicted molar refractivity (Wildman–Crippen MR) is 117 cm³/mol. The number of nitrogens with zero attached hydrogens (tertiary/aromatic N) is 2. The zero-order valence-corrected chi connectivity index (χ0v) is 17.8. The Morgan fingerprint density at radius 1 is 1.10 bits per heavy atom. The van der Waals surface area contributed by atoms with Crippen LogP contribution in [0.1, 0.15) is 37.8 Å². The molecule has 160 valence electrons. The molecule has 2 aromatic rings. The molecule has 0 aromatic heterocycles. The van der Waals surface area contributed by atoms with Crippen LogP contribution in [0.4, 0.5) is 5.69 Å². The summed E-state index contributed by atoms with van der Waals surface area (Å²) in [5.74, 6) is 1.06. The fourth-order valence-corrected chi connectivity index (χ4v) is 3.52. The summed E-state index contributed by atoms with van der Waals surface area (Å²) >= 11 is 0. The lowest BCUT2D eigenvalue weighted by Gasteiger charge is -2.15. The summed E-state index contributed by atoms with van der Waals surface area (Å²) in [6, 6.07) is 12.7. The lowest BCUT2D eigenvalue weighted by Crippen LogP contribution is -2.23. The Morgan fingerprint density at radius 2 is 1.87 bits per heavy atom. The first-order valence-electron chi connectivity index (χ1n) is 10.2. The van der Waals surface area contributed by atoms with Crippen molar-refractivity contribution in [1.29, 1.82) is 0 Å². The molecule has 0 saturated carbocycles. The van der Waals surface area contributed by atoms with Gasteiger partial charge in [-0.05, 0) is 68.3 Å². The third-order valence-corrected chi connectivity index (χ3v) is 4.97. The van der Waals surface area contributed by atoms with E-state index in [9.17, 15) is 9.59 Å². The molecular weight excluding hydrogens is 396 g/mol. The second-order valence-corrected chi connectivity index (χ2v) is 7.61. The van der Waals surface area contributed by atoms with Gasteiger partial charge in [-0.15, -0.1) is 0 Å². The second kappa shape index (κ2) is 8.63. The predicted octanol–water partition coefficient (Wildman–Crippen LogP) is 3.95. The molecule has 0 aliphatic carbocycles. The van der Waals surface area contributed by atoms with Gasteiger partial charge in [0.25, 0.3) is 0 Å². The number of cyclic esters (lactones) is 1. The van der Waals surface area contributed by atoms with E-state index >= 15 is 0 Å². The van der Waals surface area contributed by atoms with E-state index in [2.05, 4.69) is 4.99 Å². The van der Waals surface area contributed by atoms with Crippen LogP contribution in [0.3, 0.4) is 0 Å². The van der Waals surface area contributed by atoms with E-state index in [1.165, 1.54) is 0 Å². The number of ether oxygens (including phenoxy) is 3. The van der Waals surface area contributed by atoms with Crippen LogP contribution >= 0.6 is 0 Å². The van der Waals surface area contributed by atoms with Gasteiger partial charge in [0.15, 0.2) is 17.2 Å². The number of benzene rings is 2. The van der Waals surface area contributed by atoms with E-state index in [-0.39, 0.29) is 23.6 Å². The van der Waals surface area contributed by atoms with E-state index in [0.717, 1.165) is 24.2 Å². The first kappa shape index (κ1) is 20.7. The maximum atomic E-state index is 12.3. The molecule has 2 aliphatic heterocycles. The van der Waals surface area contributed by atoms with Crippen LogP contribution < -0.4 is 14.4 Å². The fraction of sp³-hybridized carbons (Fsp3) is 0.292. The van der Waals surface area contributed by atoms with Gasteiger partial charge < -0.3 is 19.1 Å². The van der Waals surface area contributed by atoms with Crippen LogP contribution in [0.15, 0.2) is 53.2 Å². The Labute approximate surface area is 180 Å². The maximum absolute atomic E-state index is 12.3. The second-order valence-electron chi connectivity index (χ2n) is 7.61. The van der Waals surface area contributed by atoms with E-state index in [1.54, 1.807) is 42.4 Å². The van der Waals surface area contributed by atoms with Gasteiger partial charge in [-0.25, -0.2) is 9.79 Å². The van der Waals surface area contributed by atoms with E-state index in [1.807, 2.05) is 32.0 Å². The largest absolute Gasteiger partial charge is 0.493 e.